The number of nitrogens with zero attached hydrogens (tertiary/aromatic N) is 1. The van der Waals surface area contributed by atoms with Crippen LogP contribution in [0, 0.1) is 5.92 Å². The summed E-state index contributed by atoms with van der Waals surface area (Å²) in [6.45, 7) is 5.69. The van der Waals surface area contributed by atoms with Gasteiger partial charge in [0.1, 0.15) is 0 Å². The van der Waals surface area contributed by atoms with Crippen molar-refractivity contribution in [1.82, 2.24) is 10.3 Å². The maximum absolute atomic E-state index is 4.44. The van der Waals surface area contributed by atoms with Gasteiger partial charge in [0.05, 0.1) is 0 Å². The van der Waals surface area contributed by atoms with Crippen LogP contribution in [0.1, 0.15) is 38.3 Å². The first-order chi connectivity index (χ1) is 7.33. The van der Waals surface area contributed by atoms with Crippen LogP contribution in [-0.2, 0) is 0 Å². The van der Waals surface area contributed by atoms with Gasteiger partial charge in [-0.3, -0.25) is 4.98 Å². The molecular weight excluding hydrogens is 184 g/mol. The first-order valence-corrected chi connectivity index (χ1v) is 5.97. The predicted molar refractivity (Wildman–Crippen MR) is 62.8 cm³/mol. The van der Waals surface area contributed by atoms with Crippen LogP contribution in [0.3, 0.4) is 0 Å². The van der Waals surface area contributed by atoms with E-state index in [1.807, 2.05) is 12.3 Å². The molecule has 1 aliphatic rings. The quantitative estimate of drug-likeness (QED) is 0.815. The van der Waals surface area contributed by atoms with Crippen molar-refractivity contribution in [3.8, 4) is 0 Å². The lowest BCUT2D eigenvalue weighted by atomic mass is 9.68. The van der Waals surface area contributed by atoms with Crippen molar-refractivity contribution in [3.63, 3.8) is 0 Å². The summed E-state index contributed by atoms with van der Waals surface area (Å²) in [6, 6.07) is 6.93. The molecule has 1 aliphatic carbocycles. The summed E-state index contributed by atoms with van der Waals surface area (Å²) in [5, 5.41) is 3.59. The third-order valence-electron chi connectivity index (χ3n) is 3.50. The number of pyridine rings is 1. The van der Waals surface area contributed by atoms with Crippen LogP contribution in [0.4, 0.5) is 0 Å². The minimum atomic E-state index is 0.667. The monoisotopic (exact) mass is 204 g/mol. The summed E-state index contributed by atoms with van der Waals surface area (Å²) in [5.41, 5.74) is 1.26. The molecule has 1 aromatic rings. The zero-order chi connectivity index (χ0) is 10.7. The second-order valence-electron chi connectivity index (χ2n) is 4.52. The van der Waals surface area contributed by atoms with Gasteiger partial charge in [-0.05, 0) is 37.4 Å². The van der Waals surface area contributed by atoms with E-state index in [9.17, 15) is 0 Å². The van der Waals surface area contributed by atoms with Gasteiger partial charge >= 0.3 is 0 Å². The molecule has 0 saturated heterocycles. The normalized spacial score (nSPS) is 29.9. The van der Waals surface area contributed by atoms with Crippen molar-refractivity contribution < 1.29 is 0 Å². The Bertz CT molecular complexity index is 297. The molecule has 2 rings (SSSR count). The highest BCUT2D eigenvalue weighted by Gasteiger charge is 2.38. The molecule has 0 radical (unpaired) electrons. The molecule has 15 heavy (non-hydrogen) atoms. The summed E-state index contributed by atoms with van der Waals surface area (Å²) in [6.07, 6.45) is 4.37. The molecule has 2 heteroatoms. The second kappa shape index (κ2) is 4.75. The van der Waals surface area contributed by atoms with Crippen LogP contribution in [0.25, 0.3) is 0 Å². The third-order valence-corrected chi connectivity index (χ3v) is 3.50. The Morgan fingerprint density at radius 3 is 2.93 bits per heavy atom. The van der Waals surface area contributed by atoms with Gasteiger partial charge in [0.15, 0.2) is 0 Å². The highest BCUT2D eigenvalue weighted by atomic mass is 14.9. The topological polar surface area (TPSA) is 24.9 Å². The Morgan fingerprint density at radius 1 is 1.47 bits per heavy atom. The Labute approximate surface area is 92.1 Å². The van der Waals surface area contributed by atoms with Gasteiger partial charge in [-0.1, -0.05) is 19.9 Å². The van der Waals surface area contributed by atoms with E-state index < -0.39 is 0 Å². The van der Waals surface area contributed by atoms with Gasteiger partial charge in [-0.15, -0.1) is 0 Å². The largest absolute Gasteiger partial charge is 0.314 e. The Kier molecular flexibility index (Phi) is 3.37. The van der Waals surface area contributed by atoms with Gasteiger partial charge < -0.3 is 5.32 Å². The van der Waals surface area contributed by atoms with Crippen LogP contribution in [0.2, 0.25) is 0 Å². The SMILES string of the molecule is CCCNC1CC(c2ccccn2)C1C. The van der Waals surface area contributed by atoms with Crippen LogP contribution in [0.15, 0.2) is 24.4 Å². The number of aromatic nitrogens is 1. The molecule has 0 bridgehead atoms. The fourth-order valence-electron chi connectivity index (χ4n) is 2.37. The molecule has 0 aliphatic heterocycles. The van der Waals surface area contributed by atoms with E-state index in [4.69, 9.17) is 0 Å². The number of hydrogen-bond donors (Lipinski definition) is 1. The maximum atomic E-state index is 4.44. The molecule has 0 aromatic carbocycles. The molecule has 3 unspecified atom stereocenters. The highest BCUT2D eigenvalue weighted by Crippen LogP contribution is 2.41. The summed E-state index contributed by atoms with van der Waals surface area (Å²) in [7, 11) is 0. The van der Waals surface area contributed by atoms with Gasteiger partial charge in [0.2, 0.25) is 0 Å². The van der Waals surface area contributed by atoms with Gasteiger partial charge in [0.25, 0.3) is 0 Å². The number of hydrogen-bond acceptors (Lipinski definition) is 2. The average Bonchev–Trinajstić information content (AvgIpc) is 2.29. The smallest absolute Gasteiger partial charge is 0.0438 e. The van der Waals surface area contributed by atoms with E-state index in [0.29, 0.717) is 12.0 Å². The van der Waals surface area contributed by atoms with Gasteiger partial charge in [-0.25, -0.2) is 0 Å². The van der Waals surface area contributed by atoms with Crippen molar-refractivity contribution in [1.29, 1.82) is 0 Å². The summed E-state index contributed by atoms with van der Waals surface area (Å²) in [4.78, 5) is 4.44. The van der Waals surface area contributed by atoms with Gasteiger partial charge in [-0.2, -0.15) is 0 Å². The van der Waals surface area contributed by atoms with Crippen LogP contribution in [-0.4, -0.2) is 17.6 Å². The van der Waals surface area contributed by atoms with E-state index in [1.54, 1.807) is 0 Å². The third kappa shape index (κ3) is 2.20. The van der Waals surface area contributed by atoms with Crippen molar-refractivity contribution in [2.24, 2.45) is 5.92 Å². The standard InChI is InChI=1S/C13H20N2/c1-3-7-14-13-9-11(10(13)2)12-6-4-5-8-15-12/h4-6,8,10-11,13-14H,3,7,9H2,1-2H3. The van der Waals surface area contributed by atoms with Crippen LogP contribution in [0.5, 0.6) is 0 Å². The van der Waals surface area contributed by atoms with Crippen molar-refractivity contribution in [2.45, 2.75) is 38.6 Å². The molecule has 0 spiro atoms. The molecule has 0 amide bonds. The minimum Gasteiger partial charge on any atom is -0.314 e. The average molecular weight is 204 g/mol. The highest BCUT2D eigenvalue weighted by molar-refractivity contribution is 5.16. The molecule has 1 fully saturated rings. The lowest BCUT2D eigenvalue weighted by molar-refractivity contribution is 0.181. The van der Waals surface area contributed by atoms with E-state index >= 15 is 0 Å². The molecule has 3 atom stereocenters. The number of nitrogens with one attached hydrogen (secondary N) is 1. The predicted octanol–water partition coefficient (Wildman–Crippen LogP) is 2.57. The van der Waals surface area contributed by atoms with Crippen LogP contribution < -0.4 is 5.32 Å². The van der Waals surface area contributed by atoms with Gasteiger partial charge in [0, 0.05) is 23.9 Å². The first-order valence-electron chi connectivity index (χ1n) is 5.97. The second-order valence-corrected chi connectivity index (χ2v) is 4.52. The Balaban J connectivity index is 1.89. The summed E-state index contributed by atoms with van der Waals surface area (Å²) >= 11 is 0. The van der Waals surface area contributed by atoms with Crippen molar-refractivity contribution in [3.05, 3.63) is 30.1 Å². The molecule has 1 N–H and O–H groups in total. The lowest BCUT2D eigenvalue weighted by Crippen LogP contribution is -2.48. The minimum absolute atomic E-state index is 0.667. The molecular formula is C13H20N2. The summed E-state index contributed by atoms with van der Waals surface area (Å²) in [5.74, 6) is 1.40. The lowest BCUT2D eigenvalue weighted by Gasteiger charge is -2.43. The Morgan fingerprint density at radius 2 is 2.33 bits per heavy atom. The Hall–Kier alpha value is -0.890. The molecule has 1 aromatic heterocycles. The molecule has 1 heterocycles. The first kappa shape index (κ1) is 10.6. The van der Waals surface area contributed by atoms with E-state index in [-0.39, 0.29) is 0 Å². The zero-order valence-electron chi connectivity index (χ0n) is 9.61. The van der Waals surface area contributed by atoms with Crippen molar-refractivity contribution in [2.75, 3.05) is 6.54 Å². The summed E-state index contributed by atoms with van der Waals surface area (Å²) < 4.78 is 0. The van der Waals surface area contributed by atoms with E-state index in [2.05, 4.69) is 36.3 Å². The molecule has 82 valence electrons. The zero-order valence-corrected chi connectivity index (χ0v) is 9.61. The van der Waals surface area contributed by atoms with Crippen molar-refractivity contribution >= 4 is 0 Å². The van der Waals surface area contributed by atoms with Crippen LogP contribution >= 0.6 is 0 Å². The maximum Gasteiger partial charge on any atom is 0.0438 e. The fraction of sp³-hybridized carbons (Fsp3) is 0.615. The molecule has 2 nitrogen and oxygen atoms in total. The number of rotatable bonds is 4. The van der Waals surface area contributed by atoms with E-state index in [0.717, 1.165) is 12.5 Å². The molecule has 1 saturated carbocycles. The fourth-order valence-corrected chi connectivity index (χ4v) is 2.37. The van der Waals surface area contributed by atoms with E-state index in [1.165, 1.54) is 18.5 Å².